The van der Waals surface area contributed by atoms with Crippen molar-refractivity contribution in [3.05, 3.63) is 65.2 Å². The van der Waals surface area contributed by atoms with Crippen molar-refractivity contribution < 1.29 is 30.4 Å². The minimum Gasteiger partial charge on any atom is -0.214 e. The van der Waals surface area contributed by atoms with Gasteiger partial charge in [0.25, 0.3) is 9.84 Å². The fourth-order valence-electron chi connectivity index (χ4n) is 3.76. The van der Waals surface area contributed by atoms with E-state index in [2.05, 4.69) is 0 Å². The predicted octanol–water partition coefficient (Wildman–Crippen LogP) is 5.74. The van der Waals surface area contributed by atoms with Crippen molar-refractivity contribution >= 4 is 21.0 Å². The Bertz CT molecular complexity index is 1080. The third-order valence-corrected chi connectivity index (χ3v) is 7.01. The zero-order chi connectivity index (χ0) is 20.3. The van der Waals surface area contributed by atoms with Crippen LogP contribution < -0.4 is 0 Å². The molecule has 4 rings (SSSR count). The second-order valence-corrected chi connectivity index (χ2v) is 9.35. The third kappa shape index (κ3) is 3.13. The van der Waals surface area contributed by atoms with E-state index in [1.807, 2.05) is 0 Å². The molecule has 0 aliphatic heterocycles. The molecule has 0 atom stereocenters. The molecule has 0 unspecified atom stereocenters. The standard InChI is InChI=1S/C20H15F5O2S/c21-17-6-3-13(9-18(17)22)16-11-19(7-8-19)10-15(16)12-1-4-14(5-2-12)28(26,27)20(23,24)25/h1-6,9H,7-8,10-11H2. The number of sulfone groups is 1. The number of halogens is 5. The smallest absolute Gasteiger partial charge is 0.214 e. The monoisotopic (exact) mass is 414 g/mol. The zero-order valence-electron chi connectivity index (χ0n) is 14.5. The van der Waals surface area contributed by atoms with Crippen LogP contribution in [0.25, 0.3) is 11.1 Å². The highest BCUT2D eigenvalue weighted by atomic mass is 32.2. The molecule has 8 heteroatoms. The first-order valence-corrected chi connectivity index (χ1v) is 10.1. The lowest BCUT2D eigenvalue weighted by Gasteiger charge is -2.11. The maximum Gasteiger partial charge on any atom is 0.501 e. The second-order valence-electron chi connectivity index (χ2n) is 7.41. The van der Waals surface area contributed by atoms with Crippen LogP contribution in [-0.4, -0.2) is 13.9 Å². The molecule has 2 nitrogen and oxygen atoms in total. The summed E-state index contributed by atoms with van der Waals surface area (Å²) >= 11 is 0. The number of hydrogen-bond acceptors (Lipinski definition) is 2. The van der Waals surface area contributed by atoms with E-state index in [1.54, 1.807) is 0 Å². The van der Waals surface area contributed by atoms with Gasteiger partial charge in [0.05, 0.1) is 4.90 Å². The van der Waals surface area contributed by atoms with Crippen molar-refractivity contribution in [2.24, 2.45) is 5.41 Å². The highest BCUT2D eigenvalue weighted by Crippen LogP contribution is 2.63. The van der Waals surface area contributed by atoms with Crippen LogP contribution in [0.1, 0.15) is 36.8 Å². The van der Waals surface area contributed by atoms with Gasteiger partial charge in [-0.15, -0.1) is 0 Å². The first-order valence-electron chi connectivity index (χ1n) is 8.62. The Kier molecular flexibility index (Phi) is 4.19. The lowest BCUT2D eigenvalue weighted by atomic mass is 9.97. The van der Waals surface area contributed by atoms with Gasteiger partial charge in [0, 0.05) is 0 Å². The second kappa shape index (κ2) is 6.14. The first-order chi connectivity index (χ1) is 13.0. The maximum atomic E-state index is 13.7. The van der Waals surface area contributed by atoms with E-state index in [0.29, 0.717) is 24.0 Å². The van der Waals surface area contributed by atoms with Gasteiger partial charge >= 0.3 is 5.51 Å². The van der Waals surface area contributed by atoms with Gasteiger partial charge in [-0.25, -0.2) is 17.2 Å². The predicted molar refractivity (Wildman–Crippen MR) is 93.8 cm³/mol. The van der Waals surface area contributed by atoms with Crippen molar-refractivity contribution in [3.8, 4) is 0 Å². The summed E-state index contributed by atoms with van der Waals surface area (Å²) < 4.78 is 88.2. The van der Waals surface area contributed by atoms with Crippen LogP contribution in [0.4, 0.5) is 22.0 Å². The Hall–Kier alpha value is -2.22. The van der Waals surface area contributed by atoms with E-state index < -0.39 is 31.9 Å². The van der Waals surface area contributed by atoms with Crippen LogP contribution >= 0.6 is 0 Å². The molecule has 28 heavy (non-hydrogen) atoms. The number of rotatable bonds is 3. The van der Waals surface area contributed by atoms with Gasteiger partial charge in [0.15, 0.2) is 11.6 Å². The molecule has 2 aliphatic carbocycles. The Morgan fingerprint density at radius 2 is 1.32 bits per heavy atom. The quantitative estimate of drug-likeness (QED) is 0.600. The molecular weight excluding hydrogens is 399 g/mol. The lowest BCUT2D eigenvalue weighted by Crippen LogP contribution is -2.23. The molecule has 0 amide bonds. The average molecular weight is 414 g/mol. The fraction of sp³-hybridized carbons (Fsp3) is 0.300. The first kappa shape index (κ1) is 19.1. The molecule has 2 aromatic carbocycles. The Morgan fingerprint density at radius 3 is 1.82 bits per heavy atom. The molecule has 1 saturated carbocycles. The number of allylic oxidation sites excluding steroid dienone is 2. The Labute approximate surface area is 158 Å². The summed E-state index contributed by atoms with van der Waals surface area (Å²) in [6.07, 6.45) is 3.33. The van der Waals surface area contributed by atoms with Gasteiger partial charge in [-0.3, -0.25) is 0 Å². The minimum atomic E-state index is -5.41. The molecule has 2 aliphatic rings. The van der Waals surface area contributed by atoms with Crippen LogP contribution in [-0.2, 0) is 9.84 Å². The molecule has 148 valence electrons. The van der Waals surface area contributed by atoms with Crippen molar-refractivity contribution in [1.29, 1.82) is 0 Å². The zero-order valence-corrected chi connectivity index (χ0v) is 15.3. The van der Waals surface area contributed by atoms with E-state index in [1.165, 1.54) is 18.2 Å². The maximum absolute atomic E-state index is 13.7. The SMILES string of the molecule is O=S(=O)(c1ccc(C2=C(c3ccc(F)c(F)c3)CC3(CC3)C2)cc1)C(F)(F)F. The molecule has 0 bridgehead atoms. The van der Waals surface area contributed by atoms with E-state index in [-0.39, 0.29) is 5.41 Å². The Balaban J connectivity index is 1.76. The van der Waals surface area contributed by atoms with Gasteiger partial charge in [-0.2, -0.15) is 13.2 Å². The highest BCUT2D eigenvalue weighted by molar-refractivity contribution is 7.92. The summed E-state index contributed by atoms with van der Waals surface area (Å²) in [5.74, 6) is -1.92. The summed E-state index contributed by atoms with van der Waals surface area (Å²) in [6, 6.07) is 8.21. The lowest BCUT2D eigenvalue weighted by molar-refractivity contribution is -0.0436. The number of benzene rings is 2. The summed E-state index contributed by atoms with van der Waals surface area (Å²) in [5.41, 5.74) is -2.53. The molecule has 0 saturated heterocycles. The summed E-state index contributed by atoms with van der Waals surface area (Å²) in [7, 11) is -5.41. The third-order valence-electron chi connectivity index (χ3n) is 5.51. The van der Waals surface area contributed by atoms with E-state index >= 15 is 0 Å². The molecule has 0 radical (unpaired) electrons. The highest BCUT2D eigenvalue weighted by Gasteiger charge is 2.49. The number of hydrogen-bond donors (Lipinski definition) is 0. The molecular formula is C20H15F5O2S. The van der Waals surface area contributed by atoms with Crippen molar-refractivity contribution in [1.82, 2.24) is 0 Å². The van der Waals surface area contributed by atoms with E-state index in [0.717, 1.165) is 48.3 Å². The molecule has 0 heterocycles. The van der Waals surface area contributed by atoms with Crippen molar-refractivity contribution in [2.75, 3.05) is 0 Å². The van der Waals surface area contributed by atoms with Gasteiger partial charge in [0.2, 0.25) is 0 Å². The van der Waals surface area contributed by atoms with Gasteiger partial charge in [-0.05, 0) is 77.6 Å². The van der Waals surface area contributed by atoms with Crippen molar-refractivity contribution in [3.63, 3.8) is 0 Å². The molecule has 1 fully saturated rings. The van der Waals surface area contributed by atoms with Gasteiger partial charge in [0.1, 0.15) is 0 Å². The van der Waals surface area contributed by atoms with Gasteiger partial charge in [-0.1, -0.05) is 18.2 Å². The van der Waals surface area contributed by atoms with Crippen LogP contribution in [0.3, 0.4) is 0 Å². The van der Waals surface area contributed by atoms with Crippen molar-refractivity contribution in [2.45, 2.75) is 36.1 Å². The summed E-state index contributed by atoms with van der Waals surface area (Å²) in [4.78, 5) is -0.821. The minimum absolute atomic E-state index is 0.0618. The largest absolute Gasteiger partial charge is 0.501 e. The van der Waals surface area contributed by atoms with Crippen LogP contribution in [0.15, 0.2) is 47.4 Å². The molecule has 1 spiro atoms. The molecule has 0 aromatic heterocycles. The normalized spacial score (nSPS) is 18.8. The topological polar surface area (TPSA) is 34.1 Å². The van der Waals surface area contributed by atoms with E-state index in [4.69, 9.17) is 0 Å². The van der Waals surface area contributed by atoms with Gasteiger partial charge < -0.3 is 0 Å². The average Bonchev–Trinajstić information content (AvgIpc) is 3.27. The van der Waals surface area contributed by atoms with Crippen LogP contribution in [0, 0.1) is 17.0 Å². The van der Waals surface area contributed by atoms with E-state index in [9.17, 15) is 30.4 Å². The summed E-state index contributed by atoms with van der Waals surface area (Å²) in [5, 5.41) is 0. The Morgan fingerprint density at radius 1 is 0.786 bits per heavy atom. The number of alkyl halides is 3. The molecule has 0 N–H and O–H groups in total. The fourth-order valence-corrected chi connectivity index (χ4v) is 4.52. The van der Waals surface area contributed by atoms with Crippen LogP contribution in [0.2, 0.25) is 0 Å². The van der Waals surface area contributed by atoms with Crippen LogP contribution in [0.5, 0.6) is 0 Å². The summed E-state index contributed by atoms with van der Waals surface area (Å²) in [6.45, 7) is 0. The molecule has 2 aromatic rings.